The zero-order valence-electron chi connectivity index (χ0n) is 7.59. The van der Waals surface area contributed by atoms with E-state index in [1.54, 1.807) is 24.3 Å². The van der Waals surface area contributed by atoms with E-state index in [2.05, 4.69) is 26.2 Å². The molecule has 5 nitrogen and oxygen atoms in total. The molecule has 1 atom stereocenters. The van der Waals surface area contributed by atoms with E-state index in [9.17, 15) is 4.79 Å². The van der Waals surface area contributed by atoms with E-state index in [4.69, 9.17) is 11.0 Å². The third-order valence-corrected chi connectivity index (χ3v) is 1.98. The highest BCUT2D eigenvalue weighted by molar-refractivity contribution is 9.10. The van der Waals surface area contributed by atoms with Crippen LogP contribution in [0.4, 0.5) is 5.69 Å². The van der Waals surface area contributed by atoms with Crippen LogP contribution >= 0.6 is 15.9 Å². The highest BCUT2D eigenvalue weighted by Crippen LogP contribution is 2.18. The van der Waals surface area contributed by atoms with Gasteiger partial charge < -0.3 is 5.73 Å². The zero-order chi connectivity index (χ0) is 11.3. The van der Waals surface area contributed by atoms with E-state index in [1.165, 1.54) is 0 Å². The number of carbonyl (C=O) groups excluding carboxylic acids is 1. The number of carbonyl (C=O) groups is 1. The Morgan fingerprint density at radius 2 is 2.33 bits per heavy atom. The molecule has 0 aliphatic heterocycles. The average Bonchev–Trinajstić information content (AvgIpc) is 2.18. The Bertz CT molecular complexity index is 438. The molecule has 2 N–H and O–H groups in total. The summed E-state index contributed by atoms with van der Waals surface area (Å²) < 4.78 is 0.839. The third-order valence-electron chi connectivity index (χ3n) is 1.49. The minimum Gasteiger partial charge on any atom is -0.367 e. The van der Waals surface area contributed by atoms with Crippen molar-refractivity contribution < 1.29 is 4.79 Å². The van der Waals surface area contributed by atoms with Crippen molar-refractivity contribution in [3.8, 4) is 6.07 Å². The molecule has 0 spiro atoms. The van der Waals surface area contributed by atoms with Crippen molar-refractivity contribution in [1.82, 2.24) is 0 Å². The molecule has 0 fully saturated rings. The molecule has 76 valence electrons. The summed E-state index contributed by atoms with van der Waals surface area (Å²) in [6.45, 7) is 0. The van der Waals surface area contributed by atoms with E-state index in [0.29, 0.717) is 5.69 Å². The summed E-state index contributed by atoms with van der Waals surface area (Å²) >= 11 is 3.26. The van der Waals surface area contributed by atoms with Crippen LogP contribution in [-0.2, 0) is 4.79 Å². The predicted molar refractivity (Wildman–Crippen MR) is 57.3 cm³/mol. The Hall–Kier alpha value is -1.74. The first-order valence-electron chi connectivity index (χ1n) is 3.99. The molecule has 1 rings (SSSR count). The lowest BCUT2D eigenvalue weighted by molar-refractivity contribution is -0.118. The number of amides is 1. The van der Waals surface area contributed by atoms with Crippen molar-refractivity contribution in [3.63, 3.8) is 0 Å². The lowest BCUT2D eigenvalue weighted by Crippen LogP contribution is -2.24. The third kappa shape index (κ3) is 3.48. The molecular weight excluding hydrogens is 260 g/mol. The van der Waals surface area contributed by atoms with E-state index in [1.807, 2.05) is 6.07 Å². The number of nitriles is 1. The summed E-state index contributed by atoms with van der Waals surface area (Å²) in [5.41, 5.74) is 5.46. The summed E-state index contributed by atoms with van der Waals surface area (Å²) in [4.78, 5) is 10.7. The van der Waals surface area contributed by atoms with Crippen molar-refractivity contribution in [2.24, 2.45) is 16.0 Å². The van der Waals surface area contributed by atoms with Crippen molar-refractivity contribution in [2.75, 3.05) is 0 Å². The SMILES string of the molecule is N#CC(/N=N/c1cccc(Br)c1)C(N)=O. The van der Waals surface area contributed by atoms with Gasteiger partial charge in [0.05, 0.1) is 5.69 Å². The highest BCUT2D eigenvalue weighted by Gasteiger charge is 2.11. The number of primary amides is 1. The molecule has 6 heteroatoms. The van der Waals surface area contributed by atoms with Gasteiger partial charge in [0.15, 0.2) is 0 Å². The molecule has 1 unspecified atom stereocenters. The van der Waals surface area contributed by atoms with E-state index < -0.39 is 11.9 Å². The Kier molecular flexibility index (Phi) is 3.94. The van der Waals surface area contributed by atoms with Crippen LogP contribution in [-0.4, -0.2) is 11.9 Å². The first-order chi connectivity index (χ1) is 7.13. The van der Waals surface area contributed by atoms with Gasteiger partial charge in [-0.3, -0.25) is 4.79 Å². The second-order valence-corrected chi connectivity index (χ2v) is 3.55. The van der Waals surface area contributed by atoms with Crippen LogP contribution in [0.5, 0.6) is 0 Å². The van der Waals surface area contributed by atoms with Crippen molar-refractivity contribution in [3.05, 3.63) is 28.7 Å². The van der Waals surface area contributed by atoms with Gasteiger partial charge in [0.1, 0.15) is 6.07 Å². The van der Waals surface area contributed by atoms with Gasteiger partial charge in [-0.05, 0) is 18.2 Å². The molecule has 0 aliphatic carbocycles. The number of hydrogen-bond donors (Lipinski definition) is 1. The van der Waals surface area contributed by atoms with Crippen LogP contribution in [0.25, 0.3) is 0 Å². The second kappa shape index (κ2) is 5.22. The van der Waals surface area contributed by atoms with Gasteiger partial charge in [0.25, 0.3) is 5.91 Å². The molecule has 0 heterocycles. The molecule has 1 aromatic carbocycles. The fourth-order valence-corrected chi connectivity index (χ4v) is 1.20. The Balaban J connectivity index is 2.82. The van der Waals surface area contributed by atoms with Gasteiger partial charge in [0, 0.05) is 4.47 Å². The molecule has 1 aromatic rings. The van der Waals surface area contributed by atoms with Gasteiger partial charge in [-0.25, -0.2) is 0 Å². The first-order valence-corrected chi connectivity index (χ1v) is 4.78. The van der Waals surface area contributed by atoms with Gasteiger partial charge in [-0.15, -0.1) is 0 Å². The van der Waals surface area contributed by atoms with Crippen LogP contribution in [0.2, 0.25) is 0 Å². The summed E-state index contributed by atoms with van der Waals surface area (Å²) in [5.74, 6) is -0.809. The quantitative estimate of drug-likeness (QED) is 0.847. The maximum Gasteiger partial charge on any atom is 0.258 e. The lowest BCUT2D eigenvalue weighted by atomic mass is 10.3. The fraction of sp³-hybridized carbons (Fsp3) is 0.111. The Morgan fingerprint density at radius 3 is 2.87 bits per heavy atom. The van der Waals surface area contributed by atoms with E-state index >= 15 is 0 Å². The van der Waals surface area contributed by atoms with Crippen molar-refractivity contribution in [2.45, 2.75) is 6.04 Å². The molecule has 0 bridgehead atoms. The molecule has 0 saturated carbocycles. The number of halogens is 1. The topological polar surface area (TPSA) is 91.6 Å². The van der Waals surface area contributed by atoms with Gasteiger partial charge in [-0.2, -0.15) is 15.5 Å². The van der Waals surface area contributed by atoms with Crippen LogP contribution < -0.4 is 5.73 Å². The number of hydrogen-bond acceptors (Lipinski definition) is 4. The van der Waals surface area contributed by atoms with Crippen LogP contribution in [0.3, 0.4) is 0 Å². The highest BCUT2D eigenvalue weighted by atomic mass is 79.9. The van der Waals surface area contributed by atoms with E-state index in [0.717, 1.165) is 4.47 Å². The predicted octanol–water partition coefficient (Wildman–Crippen LogP) is 1.91. The first kappa shape index (κ1) is 11.3. The van der Waals surface area contributed by atoms with Crippen LogP contribution in [0, 0.1) is 11.3 Å². The zero-order valence-corrected chi connectivity index (χ0v) is 9.18. The van der Waals surface area contributed by atoms with Gasteiger partial charge >= 0.3 is 0 Å². The number of nitrogens with two attached hydrogens (primary N) is 1. The normalized spacial score (nSPS) is 12.3. The molecular formula is C9H7BrN4O. The molecule has 0 saturated heterocycles. The molecule has 0 aliphatic rings. The Morgan fingerprint density at radius 1 is 1.60 bits per heavy atom. The summed E-state index contributed by atoms with van der Waals surface area (Å²) in [7, 11) is 0. The summed E-state index contributed by atoms with van der Waals surface area (Å²) in [5, 5.41) is 15.8. The van der Waals surface area contributed by atoms with Gasteiger partial charge in [-0.1, -0.05) is 22.0 Å². The molecule has 0 aromatic heterocycles. The largest absolute Gasteiger partial charge is 0.367 e. The lowest BCUT2D eigenvalue weighted by Gasteiger charge is -1.96. The number of benzene rings is 1. The summed E-state index contributed by atoms with van der Waals surface area (Å²) in [6, 6.07) is 7.41. The van der Waals surface area contributed by atoms with E-state index in [-0.39, 0.29) is 0 Å². The van der Waals surface area contributed by atoms with Crippen LogP contribution in [0.15, 0.2) is 39.0 Å². The second-order valence-electron chi connectivity index (χ2n) is 2.63. The number of nitrogens with zero attached hydrogens (tertiary/aromatic N) is 3. The minimum atomic E-state index is -1.23. The smallest absolute Gasteiger partial charge is 0.258 e. The van der Waals surface area contributed by atoms with Crippen molar-refractivity contribution in [1.29, 1.82) is 5.26 Å². The molecule has 15 heavy (non-hydrogen) atoms. The average molecular weight is 267 g/mol. The number of azo groups is 1. The van der Waals surface area contributed by atoms with Crippen LogP contribution in [0.1, 0.15) is 0 Å². The monoisotopic (exact) mass is 266 g/mol. The fourth-order valence-electron chi connectivity index (χ4n) is 0.809. The van der Waals surface area contributed by atoms with Gasteiger partial charge in [0.2, 0.25) is 6.04 Å². The maximum absolute atomic E-state index is 10.7. The summed E-state index contributed by atoms with van der Waals surface area (Å²) in [6.07, 6.45) is 0. The maximum atomic E-state index is 10.7. The molecule has 1 amide bonds. The number of rotatable bonds is 3. The van der Waals surface area contributed by atoms with Crippen molar-refractivity contribution >= 4 is 27.5 Å². The minimum absolute atomic E-state index is 0.547. The standard InChI is InChI=1S/C9H7BrN4O/c10-6-2-1-3-7(4-6)13-14-8(5-11)9(12)15/h1-4,8H,(H2,12,15)/b14-13+. The Labute approximate surface area is 94.7 Å². The molecule has 0 radical (unpaired) electrons.